The van der Waals surface area contributed by atoms with E-state index in [1.54, 1.807) is 17.1 Å². The Morgan fingerprint density at radius 1 is 0.967 bits per heavy atom. The van der Waals surface area contributed by atoms with Gasteiger partial charge in [0.25, 0.3) is 0 Å². The first-order chi connectivity index (χ1) is 14.5. The lowest BCUT2D eigenvalue weighted by Gasteiger charge is -2.32. The second kappa shape index (κ2) is 10.5. The number of ketones is 1. The summed E-state index contributed by atoms with van der Waals surface area (Å²) in [4.78, 5) is 38.6. The zero-order valence-corrected chi connectivity index (χ0v) is 17.3. The molecule has 2 aromatic rings. The van der Waals surface area contributed by atoms with Gasteiger partial charge in [-0.15, -0.1) is 0 Å². The number of amides is 2. The van der Waals surface area contributed by atoms with Crippen molar-refractivity contribution in [2.45, 2.75) is 38.6 Å². The van der Waals surface area contributed by atoms with Crippen molar-refractivity contribution in [3.8, 4) is 0 Å². The number of nitrogens with zero attached hydrogens (tertiary/aromatic N) is 1. The number of hydrogen-bond donors (Lipinski definition) is 1. The first-order valence-corrected chi connectivity index (χ1v) is 10.4. The van der Waals surface area contributed by atoms with Gasteiger partial charge in [-0.3, -0.25) is 14.4 Å². The first-order valence-electron chi connectivity index (χ1n) is 10.4. The number of benzene rings is 2. The van der Waals surface area contributed by atoms with Crippen molar-refractivity contribution in [3.63, 3.8) is 0 Å². The predicted octanol–water partition coefficient (Wildman–Crippen LogP) is 3.78. The molecule has 5 heteroatoms. The van der Waals surface area contributed by atoms with E-state index in [0.717, 1.165) is 24.0 Å². The summed E-state index contributed by atoms with van der Waals surface area (Å²) in [6.07, 6.45) is 5.24. The number of carbonyl (C=O) groups is 3. The van der Waals surface area contributed by atoms with Crippen molar-refractivity contribution >= 4 is 23.7 Å². The van der Waals surface area contributed by atoms with Gasteiger partial charge in [0.15, 0.2) is 5.78 Å². The number of aryl methyl sites for hydroxylation is 1. The van der Waals surface area contributed by atoms with E-state index in [-0.39, 0.29) is 36.5 Å². The number of nitrogens with one attached hydrogen (secondary N) is 1. The highest BCUT2D eigenvalue weighted by atomic mass is 16.2. The van der Waals surface area contributed by atoms with Gasteiger partial charge in [-0.2, -0.15) is 0 Å². The third-order valence-corrected chi connectivity index (χ3v) is 5.36. The Morgan fingerprint density at radius 3 is 2.30 bits per heavy atom. The van der Waals surface area contributed by atoms with Crippen LogP contribution in [0.3, 0.4) is 0 Å². The minimum Gasteiger partial charge on any atom is -0.350 e. The van der Waals surface area contributed by atoms with Gasteiger partial charge in [0, 0.05) is 43.6 Å². The standard InChI is InChI=1S/C25H28N2O3/c1-19-7-10-21(11-8-19)23(28)12-14-25(30)27-17-15-22(16-18-27)26-24(29)13-9-20-5-3-2-4-6-20/h2-11,13,22H,12,14-18H2,1H3,(H,26,29)/b13-9+. The molecule has 0 atom stereocenters. The van der Waals surface area contributed by atoms with Crippen molar-refractivity contribution in [1.29, 1.82) is 0 Å². The molecule has 0 aromatic heterocycles. The van der Waals surface area contributed by atoms with Crippen LogP contribution in [0, 0.1) is 6.92 Å². The van der Waals surface area contributed by atoms with Crippen LogP contribution < -0.4 is 5.32 Å². The summed E-state index contributed by atoms with van der Waals surface area (Å²) in [6.45, 7) is 3.18. The van der Waals surface area contributed by atoms with Crippen molar-refractivity contribution in [2.75, 3.05) is 13.1 Å². The van der Waals surface area contributed by atoms with Gasteiger partial charge in [0.1, 0.15) is 0 Å². The van der Waals surface area contributed by atoms with E-state index in [0.29, 0.717) is 18.7 Å². The van der Waals surface area contributed by atoms with E-state index < -0.39 is 0 Å². The van der Waals surface area contributed by atoms with Crippen molar-refractivity contribution < 1.29 is 14.4 Å². The Kier molecular flexibility index (Phi) is 7.55. The predicted molar refractivity (Wildman–Crippen MR) is 118 cm³/mol. The summed E-state index contributed by atoms with van der Waals surface area (Å²) >= 11 is 0. The van der Waals surface area contributed by atoms with E-state index in [1.807, 2.05) is 61.5 Å². The molecule has 1 heterocycles. The highest BCUT2D eigenvalue weighted by Crippen LogP contribution is 2.14. The summed E-state index contributed by atoms with van der Waals surface area (Å²) < 4.78 is 0. The summed E-state index contributed by atoms with van der Waals surface area (Å²) in [5, 5.41) is 3.01. The van der Waals surface area contributed by atoms with E-state index >= 15 is 0 Å². The third-order valence-electron chi connectivity index (χ3n) is 5.36. The van der Waals surface area contributed by atoms with Crippen molar-refractivity contribution in [2.24, 2.45) is 0 Å². The lowest BCUT2D eigenvalue weighted by Crippen LogP contribution is -2.46. The van der Waals surface area contributed by atoms with Crippen LogP contribution in [0.1, 0.15) is 47.2 Å². The summed E-state index contributed by atoms with van der Waals surface area (Å²) in [7, 11) is 0. The average molecular weight is 405 g/mol. The second-order valence-electron chi connectivity index (χ2n) is 7.70. The minimum absolute atomic E-state index is 0.00390. The molecule has 5 nitrogen and oxygen atoms in total. The fraction of sp³-hybridized carbons (Fsp3) is 0.320. The van der Waals surface area contributed by atoms with Gasteiger partial charge in [0.05, 0.1) is 0 Å². The molecule has 0 spiro atoms. The Bertz CT molecular complexity index is 896. The van der Waals surface area contributed by atoms with Crippen LogP contribution in [-0.2, 0) is 9.59 Å². The molecule has 0 saturated carbocycles. The molecule has 0 aliphatic carbocycles. The number of rotatable bonds is 7. The number of carbonyl (C=O) groups excluding carboxylic acids is 3. The van der Waals surface area contributed by atoms with Gasteiger partial charge in [-0.05, 0) is 31.4 Å². The lowest BCUT2D eigenvalue weighted by molar-refractivity contribution is -0.132. The molecular formula is C25H28N2O3. The third kappa shape index (κ3) is 6.41. The molecule has 1 aliphatic heterocycles. The largest absolute Gasteiger partial charge is 0.350 e. The maximum Gasteiger partial charge on any atom is 0.244 e. The number of likely N-dealkylation sites (tertiary alicyclic amines) is 1. The van der Waals surface area contributed by atoms with Crippen LogP contribution >= 0.6 is 0 Å². The normalized spacial score (nSPS) is 14.6. The minimum atomic E-state index is -0.118. The highest BCUT2D eigenvalue weighted by Gasteiger charge is 2.23. The molecule has 156 valence electrons. The maximum atomic E-state index is 12.5. The average Bonchev–Trinajstić information content (AvgIpc) is 2.77. The molecule has 0 radical (unpaired) electrons. The zero-order valence-electron chi connectivity index (χ0n) is 17.3. The topological polar surface area (TPSA) is 66.5 Å². The smallest absolute Gasteiger partial charge is 0.244 e. The quantitative estimate of drug-likeness (QED) is 0.564. The van der Waals surface area contributed by atoms with E-state index in [9.17, 15) is 14.4 Å². The Hall–Kier alpha value is -3.21. The Labute approximate surface area is 177 Å². The SMILES string of the molecule is Cc1ccc(C(=O)CCC(=O)N2CCC(NC(=O)/C=C/c3ccccc3)CC2)cc1. The van der Waals surface area contributed by atoms with Gasteiger partial charge in [-0.1, -0.05) is 60.2 Å². The molecule has 30 heavy (non-hydrogen) atoms. The molecule has 0 unspecified atom stereocenters. The summed E-state index contributed by atoms with van der Waals surface area (Å²) in [6, 6.07) is 17.2. The van der Waals surface area contributed by atoms with Crippen LogP contribution in [0.15, 0.2) is 60.7 Å². The molecule has 1 N–H and O–H groups in total. The second-order valence-corrected chi connectivity index (χ2v) is 7.70. The van der Waals surface area contributed by atoms with E-state index in [1.165, 1.54) is 0 Å². The maximum absolute atomic E-state index is 12.5. The van der Waals surface area contributed by atoms with Crippen molar-refractivity contribution in [3.05, 3.63) is 77.4 Å². The van der Waals surface area contributed by atoms with Crippen LogP contribution in [-0.4, -0.2) is 41.6 Å². The fourth-order valence-corrected chi connectivity index (χ4v) is 3.52. The summed E-state index contributed by atoms with van der Waals surface area (Å²) in [5.41, 5.74) is 2.74. The molecular weight excluding hydrogens is 376 g/mol. The van der Waals surface area contributed by atoms with E-state index in [4.69, 9.17) is 0 Å². The van der Waals surface area contributed by atoms with Crippen LogP contribution in [0.2, 0.25) is 0 Å². The molecule has 1 fully saturated rings. The highest BCUT2D eigenvalue weighted by molar-refractivity contribution is 5.98. The fourth-order valence-electron chi connectivity index (χ4n) is 3.52. The molecule has 2 aromatic carbocycles. The van der Waals surface area contributed by atoms with Crippen LogP contribution in [0.25, 0.3) is 6.08 Å². The monoisotopic (exact) mass is 404 g/mol. The molecule has 3 rings (SSSR count). The van der Waals surface area contributed by atoms with Gasteiger partial charge in [-0.25, -0.2) is 0 Å². The number of Topliss-reactive ketones (excluding diaryl/α,β-unsaturated/α-hetero) is 1. The molecule has 2 amide bonds. The summed E-state index contributed by atoms with van der Waals surface area (Å²) in [5.74, 6) is -0.118. The van der Waals surface area contributed by atoms with Gasteiger partial charge < -0.3 is 10.2 Å². The Morgan fingerprint density at radius 2 is 1.63 bits per heavy atom. The number of hydrogen-bond acceptors (Lipinski definition) is 3. The molecule has 1 saturated heterocycles. The molecule has 1 aliphatic rings. The van der Waals surface area contributed by atoms with Gasteiger partial charge >= 0.3 is 0 Å². The van der Waals surface area contributed by atoms with Crippen LogP contribution in [0.4, 0.5) is 0 Å². The Balaban J connectivity index is 1.38. The first kappa shape index (κ1) is 21.5. The molecule has 0 bridgehead atoms. The zero-order chi connectivity index (χ0) is 21.3. The number of piperidine rings is 1. The van der Waals surface area contributed by atoms with E-state index in [2.05, 4.69) is 5.32 Å². The van der Waals surface area contributed by atoms with Gasteiger partial charge in [0.2, 0.25) is 11.8 Å². The lowest BCUT2D eigenvalue weighted by atomic mass is 10.0. The van der Waals surface area contributed by atoms with Crippen LogP contribution in [0.5, 0.6) is 0 Å². The van der Waals surface area contributed by atoms with Crippen molar-refractivity contribution in [1.82, 2.24) is 10.2 Å².